The van der Waals surface area contributed by atoms with Crippen molar-refractivity contribution >= 4 is 59.2 Å². The van der Waals surface area contributed by atoms with Gasteiger partial charge in [-0.05, 0) is 76.3 Å². The van der Waals surface area contributed by atoms with Crippen LogP contribution in [-0.2, 0) is 54.4 Å². The number of amides is 8. The number of aliphatic hydroxyl groups is 1. The maximum absolute atomic E-state index is 13.9. The molecule has 1 aromatic rings. The minimum Gasteiger partial charge on any atom is -0.481 e. The Labute approximate surface area is 383 Å². The van der Waals surface area contributed by atoms with Gasteiger partial charge in [0.15, 0.2) is 0 Å². The summed E-state index contributed by atoms with van der Waals surface area (Å²) in [5.41, 5.74) is 0.659. The molecule has 2 fully saturated rings. The molecule has 0 saturated carbocycles. The maximum atomic E-state index is 13.9. The first-order valence-electron chi connectivity index (χ1n) is 22.4. The number of nitrogens with zero attached hydrogens (tertiary/aromatic N) is 1. The molecule has 0 aromatic heterocycles. The van der Waals surface area contributed by atoms with E-state index < -0.39 is 121 Å². The van der Waals surface area contributed by atoms with E-state index in [1.54, 1.807) is 44.2 Å². The molecule has 1 aromatic carbocycles. The van der Waals surface area contributed by atoms with Gasteiger partial charge in [0.1, 0.15) is 48.3 Å². The zero-order chi connectivity index (χ0) is 49.2. The van der Waals surface area contributed by atoms with Crippen molar-refractivity contribution in [3.05, 3.63) is 35.9 Å². The van der Waals surface area contributed by atoms with E-state index >= 15 is 0 Å². The van der Waals surface area contributed by atoms with Crippen LogP contribution in [0.15, 0.2) is 30.3 Å². The van der Waals surface area contributed by atoms with Gasteiger partial charge in [0.25, 0.3) is 0 Å². The summed E-state index contributed by atoms with van der Waals surface area (Å²) in [5, 5.41) is 49.8. The molecule has 2 aliphatic rings. The van der Waals surface area contributed by atoms with E-state index in [0.717, 1.165) is 11.3 Å². The molecule has 2 heterocycles. The number of aliphatic carboxylic acids is 2. The molecule has 9 atom stereocenters. The lowest BCUT2D eigenvalue weighted by Crippen LogP contribution is -2.61. The summed E-state index contributed by atoms with van der Waals surface area (Å²) in [6.07, 6.45) is 1.20. The van der Waals surface area contributed by atoms with Gasteiger partial charge in [-0.25, -0.2) is 0 Å². The van der Waals surface area contributed by atoms with Crippen molar-refractivity contribution < 1.29 is 63.3 Å². The lowest BCUT2D eigenvalue weighted by atomic mass is 10.0. The third kappa shape index (κ3) is 17.0. The number of rotatable bonds is 25. The Morgan fingerprint density at radius 3 is 1.71 bits per heavy atom. The predicted molar refractivity (Wildman–Crippen MR) is 237 cm³/mol. The highest BCUT2D eigenvalue weighted by atomic mass is 16.4. The van der Waals surface area contributed by atoms with Crippen molar-refractivity contribution in [2.75, 3.05) is 19.7 Å². The molecule has 2 saturated heterocycles. The van der Waals surface area contributed by atoms with Crippen LogP contribution in [0.5, 0.6) is 0 Å². The largest absolute Gasteiger partial charge is 0.481 e. The Bertz CT molecular complexity index is 1890. The number of carboxylic acids is 2. The van der Waals surface area contributed by atoms with Crippen LogP contribution in [-0.4, -0.2) is 153 Å². The molecular weight excluding hydrogens is 863 g/mol. The Morgan fingerprint density at radius 2 is 1.15 bits per heavy atom. The van der Waals surface area contributed by atoms with Crippen molar-refractivity contribution in [3.63, 3.8) is 0 Å². The number of carbonyl (C=O) groups excluding carboxylic acids is 8. The van der Waals surface area contributed by atoms with E-state index in [1.165, 1.54) is 13.8 Å². The second-order valence-electron chi connectivity index (χ2n) is 17.7. The number of nitrogens with one attached hydrogen (secondary N) is 8. The van der Waals surface area contributed by atoms with E-state index in [1.807, 2.05) is 13.8 Å². The molecule has 8 amide bonds. The van der Waals surface area contributed by atoms with E-state index in [2.05, 4.69) is 42.5 Å². The summed E-state index contributed by atoms with van der Waals surface area (Å²) in [6.45, 7) is 9.52. The number of carbonyl (C=O) groups is 10. The number of aliphatic hydroxyl groups excluding tert-OH is 1. The van der Waals surface area contributed by atoms with Gasteiger partial charge in [0, 0.05) is 13.0 Å². The highest BCUT2D eigenvalue weighted by Gasteiger charge is 2.40. The topological polar surface area (TPSA) is 331 Å². The third-order valence-corrected chi connectivity index (χ3v) is 11.1. The molecule has 366 valence electrons. The van der Waals surface area contributed by atoms with Crippen molar-refractivity contribution in [1.29, 1.82) is 0 Å². The maximum Gasteiger partial charge on any atom is 0.325 e. The van der Waals surface area contributed by atoms with Gasteiger partial charge in [-0.3, -0.25) is 47.9 Å². The molecule has 3 rings (SSSR count). The lowest BCUT2D eigenvalue weighted by molar-refractivity contribution is -0.144. The minimum atomic E-state index is -1.74. The summed E-state index contributed by atoms with van der Waals surface area (Å²) in [7, 11) is 0. The molecule has 0 unspecified atom stereocenters. The summed E-state index contributed by atoms with van der Waals surface area (Å²) in [5.74, 6) is -9.37. The van der Waals surface area contributed by atoms with Gasteiger partial charge >= 0.3 is 11.9 Å². The normalized spacial score (nSPS) is 19.0. The van der Waals surface area contributed by atoms with E-state index in [0.29, 0.717) is 24.9 Å². The predicted octanol–water partition coefficient (Wildman–Crippen LogP) is -1.95. The van der Waals surface area contributed by atoms with Gasteiger partial charge in [-0.1, -0.05) is 58.0 Å². The van der Waals surface area contributed by atoms with Crippen molar-refractivity contribution in [1.82, 2.24) is 47.4 Å². The molecule has 0 radical (unpaired) electrons. The van der Waals surface area contributed by atoms with Crippen molar-refractivity contribution in [2.24, 2.45) is 11.8 Å². The van der Waals surface area contributed by atoms with E-state index in [-0.39, 0.29) is 50.0 Å². The number of carboxylic acid groups (broad SMARTS) is 2. The Kier molecular flexibility index (Phi) is 21.4. The van der Waals surface area contributed by atoms with Crippen molar-refractivity contribution in [2.45, 2.75) is 147 Å². The van der Waals surface area contributed by atoms with Crippen LogP contribution in [0.1, 0.15) is 92.1 Å². The second kappa shape index (κ2) is 26.1. The summed E-state index contributed by atoms with van der Waals surface area (Å²) in [4.78, 5) is 132. The fourth-order valence-electron chi connectivity index (χ4n) is 7.58. The fourth-order valence-corrected chi connectivity index (χ4v) is 7.58. The fraction of sp³-hybridized carbons (Fsp3) is 0.636. The first-order chi connectivity index (χ1) is 31.1. The zero-order valence-corrected chi connectivity index (χ0v) is 38.4. The Morgan fingerprint density at radius 1 is 0.621 bits per heavy atom. The summed E-state index contributed by atoms with van der Waals surface area (Å²) < 4.78 is 0. The molecule has 2 aliphatic heterocycles. The van der Waals surface area contributed by atoms with Crippen LogP contribution in [0.3, 0.4) is 0 Å². The van der Waals surface area contributed by atoms with Crippen LogP contribution in [0.25, 0.3) is 0 Å². The Balaban J connectivity index is 1.71. The quantitative estimate of drug-likeness (QED) is 0.0508. The number of hydrogen-bond acceptors (Lipinski definition) is 12. The van der Waals surface area contributed by atoms with Crippen LogP contribution < -0.4 is 42.5 Å². The molecule has 0 spiro atoms. The third-order valence-electron chi connectivity index (χ3n) is 11.1. The highest BCUT2D eigenvalue weighted by Crippen LogP contribution is 2.20. The first kappa shape index (κ1) is 54.2. The SMILES string of the molecule is CC(C)C[C@H](NC(=O)[C@@H]1CCCN1)C(=O)N[C@@H](C)C(=O)N[C@@H](CC(=O)O)C(=O)N[C@@H](CC(C)C)C(=O)N[C@@H](CO)C(=O)N1CCC[C@H]1C(=O)N[C@@H](Cc1ccccc1)C(=O)N[C@@H](C)C(=O)O. The van der Waals surface area contributed by atoms with Gasteiger partial charge < -0.3 is 62.8 Å². The van der Waals surface area contributed by atoms with Crippen LogP contribution in [0.4, 0.5) is 0 Å². The van der Waals surface area contributed by atoms with Crippen LogP contribution in [0.2, 0.25) is 0 Å². The monoisotopic (exact) mass is 929 g/mol. The molecule has 22 nitrogen and oxygen atoms in total. The number of hydrogen-bond donors (Lipinski definition) is 11. The van der Waals surface area contributed by atoms with Crippen LogP contribution >= 0.6 is 0 Å². The average molecular weight is 930 g/mol. The molecular formula is C44H67N9O13. The van der Waals surface area contributed by atoms with Gasteiger partial charge in [-0.15, -0.1) is 0 Å². The molecule has 66 heavy (non-hydrogen) atoms. The number of benzene rings is 1. The van der Waals surface area contributed by atoms with Gasteiger partial charge in [0.05, 0.1) is 19.1 Å². The van der Waals surface area contributed by atoms with E-state index in [4.69, 9.17) is 0 Å². The van der Waals surface area contributed by atoms with Gasteiger partial charge in [0.2, 0.25) is 47.3 Å². The molecule has 22 heteroatoms. The van der Waals surface area contributed by atoms with Crippen LogP contribution in [0, 0.1) is 11.8 Å². The average Bonchev–Trinajstić information content (AvgIpc) is 3.98. The highest BCUT2D eigenvalue weighted by molar-refractivity contribution is 5.99. The Hall–Kier alpha value is -6.16. The molecule has 0 bridgehead atoms. The molecule has 0 aliphatic carbocycles. The number of likely N-dealkylation sites (tertiary alicyclic amines) is 1. The smallest absolute Gasteiger partial charge is 0.325 e. The lowest BCUT2D eigenvalue weighted by Gasteiger charge is -2.30. The van der Waals surface area contributed by atoms with Gasteiger partial charge in [-0.2, -0.15) is 0 Å². The summed E-state index contributed by atoms with van der Waals surface area (Å²) >= 11 is 0. The minimum absolute atomic E-state index is 0.00535. The standard InChI is InChI=1S/C44H67N9O13/c1-23(2)18-29(49-37(58)28-14-10-16-45-28)38(59)46-25(5)36(57)48-32(21-35(55)56)41(62)50-30(19-24(3)4)40(61)52-33(22-54)43(64)53-17-11-15-34(53)42(63)51-31(20-27-12-8-7-9-13-27)39(60)47-26(6)44(65)66/h7-9,12-13,23-26,28-34,45,54H,10-11,14-22H2,1-6H3,(H,46,59)(H,47,60)(H,48,57)(H,49,58)(H,50,62)(H,51,63)(H,52,61)(H,55,56)(H,65,66)/t25-,26-,28-,29-,30-,31-,32-,33-,34-/m0/s1. The zero-order valence-electron chi connectivity index (χ0n) is 38.4. The van der Waals surface area contributed by atoms with E-state index in [9.17, 15) is 63.3 Å². The second-order valence-corrected chi connectivity index (χ2v) is 17.7. The molecule has 11 N–H and O–H groups in total. The van der Waals surface area contributed by atoms with Crippen molar-refractivity contribution in [3.8, 4) is 0 Å². The summed E-state index contributed by atoms with van der Waals surface area (Å²) in [6, 6.07) is -2.51. The first-order valence-corrected chi connectivity index (χ1v) is 22.4.